The van der Waals surface area contributed by atoms with Crippen LogP contribution >= 0.6 is 0 Å². The van der Waals surface area contributed by atoms with Crippen molar-refractivity contribution in [1.82, 2.24) is 10.5 Å². The third-order valence-electron chi connectivity index (χ3n) is 2.12. The first-order valence-electron chi connectivity index (χ1n) is 6.27. The van der Waals surface area contributed by atoms with Crippen LogP contribution in [0.1, 0.15) is 45.9 Å². The average Bonchev–Trinajstić information content (AvgIpc) is 2.54. The molecule has 0 radical (unpaired) electrons. The van der Waals surface area contributed by atoms with E-state index in [1.807, 2.05) is 20.8 Å². The molecule has 0 saturated carbocycles. The maximum Gasteiger partial charge on any atom is 0.408 e. The maximum atomic E-state index is 11.5. The highest BCUT2D eigenvalue weighted by Crippen LogP contribution is 2.21. The summed E-state index contributed by atoms with van der Waals surface area (Å²) in [4.78, 5) is 11.5. The molecule has 1 aromatic heterocycles. The zero-order valence-electron chi connectivity index (χ0n) is 12.4. The van der Waals surface area contributed by atoms with Crippen molar-refractivity contribution in [1.29, 1.82) is 0 Å². The molecular weight excluding hydrogens is 248 g/mol. The van der Waals surface area contributed by atoms with Crippen LogP contribution in [0.25, 0.3) is 0 Å². The van der Waals surface area contributed by atoms with Crippen molar-refractivity contribution in [3.05, 3.63) is 11.3 Å². The Morgan fingerprint density at radius 3 is 2.58 bits per heavy atom. The minimum absolute atomic E-state index is 0.0236. The molecule has 0 bridgehead atoms. The minimum atomic E-state index is -0.521. The molecule has 19 heavy (non-hydrogen) atoms. The van der Waals surface area contributed by atoms with Gasteiger partial charge in [-0.25, -0.2) is 4.79 Å². The Hall–Kier alpha value is -1.72. The molecule has 1 rings (SSSR count). The lowest BCUT2D eigenvalue weighted by Crippen LogP contribution is -2.32. The van der Waals surface area contributed by atoms with Crippen molar-refractivity contribution in [3.63, 3.8) is 0 Å². The first kappa shape index (κ1) is 15.3. The standard InChI is InChI=1S/C13H22N2O4/c1-8(2)17-11-9(3)10(19-15-11)7-14-12(16)18-13(4,5)6/h8H,7H2,1-6H3,(H,14,16). The molecule has 6 nitrogen and oxygen atoms in total. The van der Waals surface area contributed by atoms with Gasteiger partial charge >= 0.3 is 6.09 Å². The summed E-state index contributed by atoms with van der Waals surface area (Å²) in [6, 6.07) is 0. The van der Waals surface area contributed by atoms with E-state index in [1.54, 1.807) is 20.8 Å². The van der Waals surface area contributed by atoms with Crippen LogP contribution in [-0.2, 0) is 11.3 Å². The van der Waals surface area contributed by atoms with E-state index in [1.165, 1.54) is 0 Å². The molecule has 0 fully saturated rings. The second-order valence-corrected chi connectivity index (χ2v) is 5.56. The Morgan fingerprint density at radius 2 is 2.05 bits per heavy atom. The number of hydrogen-bond donors (Lipinski definition) is 1. The summed E-state index contributed by atoms with van der Waals surface area (Å²) in [7, 11) is 0. The molecule has 0 unspecified atom stereocenters. The average molecular weight is 270 g/mol. The zero-order chi connectivity index (χ0) is 14.6. The lowest BCUT2D eigenvalue weighted by molar-refractivity contribution is 0.0518. The fraction of sp³-hybridized carbons (Fsp3) is 0.692. The van der Waals surface area contributed by atoms with Gasteiger partial charge in [-0.2, -0.15) is 0 Å². The quantitative estimate of drug-likeness (QED) is 0.910. The third-order valence-corrected chi connectivity index (χ3v) is 2.12. The molecule has 6 heteroatoms. The van der Waals surface area contributed by atoms with E-state index >= 15 is 0 Å². The summed E-state index contributed by atoms with van der Waals surface area (Å²) in [6.45, 7) is 11.3. The Balaban J connectivity index is 2.54. The molecule has 1 aromatic rings. The maximum absolute atomic E-state index is 11.5. The van der Waals surface area contributed by atoms with E-state index in [0.29, 0.717) is 11.6 Å². The van der Waals surface area contributed by atoms with E-state index in [0.717, 1.165) is 5.56 Å². The van der Waals surface area contributed by atoms with Gasteiger partial charge in [0.25, 0.3) is 5.88 Å². The van der Waals surface area contributed by atoms with Gasteiger partial charge in [0.1, 0.15) is 5.60 Å². The van der Waals surface area contributed by atoms with Gasteiger partial charge in [-0.15, -0.1) is 0 Å². The predicted octanol–water partition coefficient (Wildman–Crippen LogP) is 2.79. The van der Waals surface area contributed by atoms with Crippen LogP contribution in [0.3, 0.4) is 0 Å². The normalized spacial score (nSPS) is 11.5. The lowest BCUT2D eigenvalue weighted by atomic mass is 10.2. The molecule has 0 spiro atoms. The smallest absolute Gasteiger partial charge is 0.408 e. The highest BCUT2D eigenvalue weighted by Gasteiger charge is 2.18. The van der Waals surface area contributed by atoms with E-state index in [2.05, 4.69) is 10.5 Å². The Morgan fingerprint density at radius 1 is 1.42 bits per heavy atom. The van der Waals surface area contributed by atoms with Crippen molar-refractivity contribution in [2.24, 2.45) is 0 Å². The number of amides is 1. The summed E-state index contributed by atoms with van der Waals surface area (Å²) in [5.74, 6) is 1.01. The van der Waals surface area contributed by atoms with Crippen molar-refractivity contribution < 1.29 is 18.8 Å². The molecule has 1 heterocycles. The molecule has 0 aliphatic rings. The van der Waals surface area contributed by atoms with Crippen LogP contribution in [0.4, 0.5) is 4.79 Å². The van der Waals surface area contributed by atoms with Gasteiger partial charge < -0.3 is 19.3 Å². The molecule has 0 aliphatic carbocycles. The second-order valence-electron chi connectivity index (χ2n) is 5.56. The molecule has 0 saturated heterocycles. The third kappa shape index (κ3) is 5.19. The van der Waals surface area contributed by atoms with Crippen molar-refractivity contribution in [2.75, 3.05) is 0 Å². The number of aromatic nitrogens is 1. The number of nitrogens with one attached hydrogen (secondary N) is 1. The van der Waals surface area contributed by atoms with Crippen molar-refractivity contribution >= 4 is 6.09 Å². The number of nitrogens with zero attached hydrogens (tertiary/aromatic N) is 1. The van der Waals surface area contributed by atoms with E-state index in [9.17, 15) is 4.79 Å². The second kappa shape index (κ2) is 5.95. The molecule has 0 atom stereocenters. The molecule has 1 amide bonds. The van der Waals surface area contributed by atoms with Crippen molar-refractivity contribution in [3.8, 4) is 5.88 Å². The van der Waals surface area contributed by atoms with Crippen molar-refractivity contribution in [2.45, 2.75) is 59.8 Å². The summed E-state index contributed by atoms with van der Waals surface area (Å²) < 4.78 is 15.7. The monoisotopic (exact) mass is 270 g/mol. The molecule has 0 aromatic carbocycles. The first-order chi connectivity index (χ1) is 8.69. The van der Waals surface area contributed by atoms with Crippen LogP contribution in [0, 0.1) is 6.92 Å². The van der Waals surface area contributed by atoms with E-state index in [4.69, 9.17) is 14.0 Å². The molecular formula is C13H22N2O4. The summed E-state index contributed by atoms with van der Waals surface area (Å²) >= 11 is 0. The highest BCUT2D eigenvalue weighted by atomic mass is 16.6. The molecule has 0 aliphatic heterocycles. The van der Waals surface area contributed by atoms with Gasteiger partial charge in [-0.05, 0) is 46.7 Å². The van der Waals surface area contributed by atoms with Crippen LogP contribution < -0.4 is 10.1 Å². The summed E-state index contributed by atoms with van der Waals surface area (Å²) in [5.41, 5.74) is 0.261. The van der Waals surface area contributed by atoms with Gasteiger partial charge in [-0.1, -0.05) is 0 Å². The van der Waals surface area contributed by atoms with Gasteiger partial charge in [-0.3, -0.25) is 0 Å². The Labute approximate surface area is 113 Å². The number of rotatable bonds is 4. The van der Waals surface area contributed by atoms with Crippen LogP contribution in [0.5, 0.6) is 5.88 Å². The minimum Gasteiger partial charge on any atom is -0.473 e. The van der Waals surface area contributed by atoms with Crippen LogP contribution in [-0.4, -0.2) is 23.0 Å². The topological polar surface area (TPSA) is 73.6 Å². The van der Waals surface area contributed by atoms with E-state index in [-0.39, 0.29) is 12.6 Å². The summed E-state index contributed by atoms with van der Waals surface area (Å²) in [5, 5.41) is 6.43. The Kier molecular flexibility index (Phi) is 4.80. The highest BCUT2D eigenvalue weighted by molar-refractivity contribution is 5.67. The Bertz CT molecular complexity index is 432. The fourth-order valence-electron chi connectivity index (χ4n) is 1.32. The number of ether oxygens (including phenoxy) is 2. The SMILES string of the molecule is Cc1c(OC(C)C)noc1CNC(=O)OC(C)(C)C. The zero-order valence-corrected chi connectivity index (χ0v) is 12.4. The number of hydrogen-bond acceptors (Lipinski definition) is 5. The van der Waals surface area contributed by atoms with Gasteiger partial charge in [0.15, 0.2) is 5.76 Å². The molecule has 1 N–H and O–H groups in total. The van der Waals surface area contributed by atoms with E-state index < -0.39 is 11.7 Å². The van der Waals surface area contributed by atoms with Crippen LogP contribution in [0.2, 0.25) is 0 Å². The predicted molar refractivity (Wildman–Crippen MR) is 70.1 cm³/mol. The number of carbonyl (C=O) groups excluding carboxylic acids is 1. The fourth-order valence-corrected chi connectivity index (χ4v) is 1.32. The first-order valence-corrected chi connectivity index (χ1v) is 6.27. The van der Waals surface area contributed by atoms with Gasteiger partial charge in [0, 0.05) is 0 Å². The summed E-state index contributed by atoms with van der Waals surface area (Å²) in [6.07, 6.45) is -0.468. The number of carbonyl (C=O) groups is 1. The van der Waals surface area contributed by atoms with Gasteiger partial charge in [0.05, 0.1) is 18.2 Å². The lowest BCUT2D eigenvalue weighted by Gasteiger charge is -2.19. The molecule has 108 valence electrons. The van der Waals surface area contributed by atoms with Gasteiger partial charge in [0.2, 0.25) is 0 Å². The van der Waals surface area contributed by atoms with Crippen LogP contribution in [0.15, 0.2) is 4.52 Å². The largest absolute Gasteiger partial charge is 0.473 e. The number of alkyl carbamates (subject to hydrolysis) is 1.